The Labute approximate surface area is 191 Å². The van der Waals surface area contributed by atoms with Gasteiger partial charge in [-0.3, -0.25) is 9.79 Å². The van der Waals surface area contributed by atoms with Gasteiger partial charge in [0.15, 0.2) is 5.78 Å². The van der Waals surface area contributed by atoms with E-state index in [4.69, 9.17) is 9.73 Å². The van der Waals surface area contributed by atoms with Gasteiger partial charge in [0.2, 0.25) is 0 Å². The lowest BCUT2D eigenvalue weighted by molar-refractivity contribution is -0.0498. The van der Waals surface area contributed by atoms with Gasteiger partial charge in [0.05, 0.1) is 13.2 Å². The summed E-state index contributed by atoms with van der Waals surface area (Å²) in [7, 11) is 0. The van der Waals surface area contributed by atoms with Gasteiger partial charge >= 0.3 is 6.61 Å². The zero-order chi connectivity index (χ0) is 21.3. The molecule has 1 heterocycles. The smallest absolute Gasteiger partial charge is 0.387 e. The molecule has 2 aromatic rings. The van der Waals surface area contributed by atoms with Crippen molar-refractivity contribution in [2.75, 3.05) is 24.6 Å². The minimum Gasteiger partial charge on any atom is -0.494 e. The van der Waals surface area contributed by atoms with Crippen LogP contribution in [0.2, 0.25) is 0 Å². The van der Waals surface area contributed by atoms with Crippen LogP contribution in [-0.2, 0) is 0 Å². The van der Waals surface area contributed by atoms with Crippen LogP contribution in [0.5, 0.6) is 11.5 Å². The van der Waals surface area contributed by atoms with Crippen LogP contribution in [0, 0.1) is 0 Å². The summed E-state index contributed by atoms with van der Waals surface area (Å²) >= 11 is 0. The van der Waals surface area contributed by atoms with Crippen molar-refractivity contribution in [1.29, 1.82) is 0 Å². The lowest BCUT2D eigenvalue weighted by Gasteiger charge is -2.26. The van der Waals surface area contributed by atoms with Crippen molar-refractivity contribution < 1.29 is 23.0 Å². The number of carbonyl (C=O) groups is 1. The number of anilines is 1. The van der Waals surface area contributed by atoms with E-state index in [1.54, 1.807) is 0 Å². The molecule has 1 aliphatic heterocycles. The van der Waals surface area contributed by atoms with E-state index in [2.05, 4.69) is 4.74 Å². The minimum atomic E-state index is -2.89. The Morgan fingerprint density at radius 1 is 1.03 bits per heavy atom. The zero-order valence-corrected chi connectivity index (χ0v) is 19.1. The number of halogens is 3. The van der Waals surface area contributed by atoms with E-state index >= 15 is 0 Å². The fourth-order valence-corrected chi connectivity index (χ4v) is 3.36. The van der Waals surface area contributed by atoms with Crippen LogP contribution in [-0.4, -0.2) is 37.9 Å². The van der Waals surface area contributed by atoms with Gasteiger partial charge in [-0.2, -0.15) is 8.78 Å². The number of amidine groups is 1. The van der Waals surface area contributed by atoms with Gasteiger partial charge in [-0.25, -0.2) is 0 Å². The van der Waals surface area contributed by atoms with Gasteiger partial charge in [-0.05, 0) is 68.3 Å². The van der Waals surface area contributed by atoms with Crippen LogP contribution in [0.15, 0.2) is 53.5 Å². The number of hydrogen-bond acceptors (Lipinski definition) is 5. The average molecular weight is 497 g/mol. The molecule has 0 atom stereocenters. The molecule has 0 fully saturated rings. The van der Waals surface area contributed by atoms with Gasteiger partial charge in [0, 0.05) is 24.2 Å². The van der Waals surface area contributed by atoms with Gasteiger partial charge in [0.1, 0.15) is 17.3 Å². The topological polar surface area (TPSA) is 51.1 Å². The van der Waals surface area contributed by atoms with Gasteiger partial charge in [-0.15, -0.1) is 17.0 Å². The summed E-state index contributed by atoms with van der Waals surface area (Å²) in [5.74, 6) is 1.56. The summed E-state index contributed by atoms with van der Waals surface area (Å²) in [6, 6.07) is 13.4. The third kappa shape index (κ3) is 7.31. The normalized spacial score (nSPS) is 13.6. The van der Waals surface area contributed by atoms with Crippen molar-refractivity contribution in [2.24, 2.45) is 4.99 Å². The number of Topliss-reactive ketones (excluding diaryl/α,β-unsaturated/α-hetero) is 1. The Bertz CT molecular complexity index is 858. The molecule has 0 amide bonds. The predicted molar refractivity (Wildman–Crippen MR) is 123 cm³/mol. The van der Waals surface area contributed by atoms with E-state index in [1.807, 2.05) is 36.1 Å². The molecule has 0 saturated carbocycles. The highest BCUT2D eigenvalue weighted by Gasteiger charge is 2.20. The van der Waals surface area contributed by atoms with Crippen LogP contribution in [0.3, 0.4) is 0 Å². The van der Waals surface area contributed by atoms with Crippen LogP contribution in [0.25, 0.3) is 0 Å². The molecule has 1 aliphatic rings. The molecule has 0 aromatic heterocycles. The monoisotopic (exact) mass is 496 g/mol. The number of aliphatic imine (C=N–C) groups is 1. The molecule has 8 heteroatoms. The molecule has 168 valence electrons. The van der Waals surface area contributed by atoms with Crippen molar-refractivity contribution in [3.8, 4) is 11.5 Å². The first-order valence-corrected chi connectivity index (χ1v) is 10.2. The highest BCUT2D eigenvalue weighted by atomic mass is 79.9. The number of benzene rings is 2. The largest absolute Gasteiger partial charge is 0.494 e. The third-order valence-electron chi connectivity index (χ3n) is 4.83. The predicted octanol–water partition coefficient (Wildman–Crippen LogP) is 5.93. The highest BCUT2D eigenvalue weighted by molar-refractivity contribution is 8.93. The molecule has 3 rings (SSSR count). The maximum Gasteiger partial charge on any atom is 0.387 e. The van der Waals surface area contributed by atoms with E-state index in [9.17, 15) is 13.6 Å². The van der Waals surface area contributed by atoms with Crippen molar-refractivity contribution in [3.05, 3.63) is 54.1 Å². The highest BCUT2D eigenvalue weighted by Crippen LogP contribution is 2.24. The van der Waals surface area contributed by atoms with Crippen molar-refractivity contribution in [2.45, 2.75) is 39.2 Å². The van der Waals surface area contributed by atoms with Gasteiger partial charge < -0.3 is 14.4 Å². The lowest BCUT2D eigenvalue weighted by Crippen LogP contribution is -2.36. The number of rotatable bonds is 8. The second-order valence-corrected chi connectivity index (χ2v) is 6.95. The van der Waals surface area contributed by atoms with Crippen LogP contribution < -0.4 is 14.4 Å². The van der Waals surface area contributed by atoms with Crippen molar-refractivity contribution in [1.82, 2.24) is 0 Å². The molecule has 0 bridgehead atoms. The third-order valence-corrected chi connectivity index (χ3v) is 4.83. The fraction of sp³-hybridized carbons (Fsp3) is 0.391. The Kier molecular flexibility index (Phi) is 9.91. The van der Waals surface area contributed by atoms with Crippen molar-refractivity contribution in [3.63, 3.8) is 0 Å². The van der Waals surface area contributed by atoms with E-state index in [-0.39, 0.29) is 35.1 Å². The summed E-state index contributed by atoms with van der Waals surface area (Å²) < 4.78 is 34.5. The number of alkyl halides is 2. The number of ether oxygens (including phenoxy) is 2. The maximum atomic E-state index is 12.9. The first-order valence-electron chi connectivity index (χ1n) is 10.2. The number of ketones is 1. The zero-order valence-electron chi connectivity index (χ0n) is 17.4. The molecular weight excluding hydrogens is 470 g/mol. The fourth-order valence-electron chi connectivity index (χ4n) is 3.36. The van der Waals surface area contributed by atoms with E-state index in [0.717, 1.165) is 49.5 Å². The molecule has 0 aliphatic carbocycles. The molecule has 0 unspecified atom stereocenters. The number of nitrogens with zero attached hydrogens (tertiary/aromatic N) is 2. The maximum absolute atomic E-state index is 12.9. The van der Waals surface area contributed by atoms with Crippen LogP contribution in [0.4, 0.5) is 14.5 Å². The van der Waals surface area contributed by atoms with E-state index in [1.165, 1.54) is 24.3 Å². The second-order valence-electron chi connectivity index (χ2n) is 6.95. The van der Waals surface area contributed by atoms with Crippen LogP contribution >= 0.6 is 17.0 Å². The van der Waals surface area contributed by atoms with E-state index < -0.39 is 6.61 Å². The summed E-state index contributed by atoms with van der Waals surface area (Å²) in [5, 5.41) is 0. The number of hydrogen-bond donors (Lipinski definition) is 0. The molecule has 5 nitrogen and oxygen atoms in total. The summed E-state index contributed by atoms with van der Waals surface area (Å²) in [4.78, 5) is 19.6. The Hall–Kier alpha value is -2.48. The molecular formula is C23H27BrF2N2O3. The summed E-state index contributed by atoms with van der Waals surface area (Å²) in [5.41, 5.74) is 1.30. The molecule has 0 radical (unpaired) electrons. The number of carbonyl (C=O) groups excluding carboxylic acids is 1. The van der Waals surface area contributed by atoms with Gasteiger partial charge in [0.25, 0.3) is 0 Å². The Balaban J connectivity index is 0.00000341. The second kappa shape index (κ2) is 12.4. The molecule has 0 saturated heterocycles. The summed E-state index contributed by atoms with van der Waals surface area (Å²) in [6.07, 6.45) is 3.99. The lowest BCUT2D eigenvalue weighted by atomic mass is 10.1. The van der Waals surface area contributed by atoms with Gasteiger partial charge in [-0.1, -0.05) is 6.42 Å². The first-order chi connectivity index (χ1) is 14.6. The molecule has 0 N–H and O–H groups in total. The minimum absolute atomic E-state index is 0. The van der Waals surface area contributed by atoms with E-state index in [0.29, 0.717) is 12.2 Å². The van der Waals surface area contributed by atoms with Crippen molar-refractivity contribution >= 4 is 34.3 Å². The first kappa shape index (κ1) is 24.8. The molecule has 2 aromatic carbocycles. The van der Waals surface area contributed by atoms with Crippen LogP contribution in [0.1, 0.15) is 43.0 Å². The molecule has 31 heavy (non-hydrogen) atoms. The standard InChI is InChI=1S/C23H26F2N2O3.BrH/c1-2-29-19-13-9-18(10-14-19)27(22-6-4-3-5-15-26-22)16-21(28)17-7-11-20(12-8-17)30-23(24)25;/h7-14,23H,2-6,15-16H2,1H3;1H. The quantitative estimate of drug-likeness (QED) is 0.425. The Morgan fingerprint density at radius 2 is 1.71 bits per heavy atom. The summed E-state index contributed by atoms with van der Waals surface area (Å²) in [6.45, 7) is 0.476. The average Bonchev–Trinajstić information content (AvgIpc) is 3.02. The SMILES string of the molecule is Br.CCOc1ccc(N(CC(=O)c2ccc(OC(F)F)cc2)C2=NCCCCC2)cc1. The molecule has 0 spiro atoms. The Morgan fingerprint density at radius 3 is 2.35 bits per heavy atom.